The van der Waals surface area contributed by atoms with Crippen molar-refractivity contribution in [1.29, 1.82) is 10.8 Å². The number of carboxylic acid groups (broad SMARTS) is 3. The third kappa shape index (κ3) is 32.2. The van der Waals surface area contributed by atoms with Gasteiger partial charge in [-0.3, -0.25) is 108 Å². The average molecular weight is 1940 g/mol. The molecule has 0 saturated carbocycles. The summed E-state index contributed by atoms with van der Waals surface area (Å²) in [6, 6.07) is 25.7. The first-order valence-corrected chi connectivity index (χ1v) is 46.0. The summed E-state index contributed by atoms with van der Waals surface area (Å²) in [4.78, 5) is 248. The molecule has 0 bridgehead atoms. The molecule has 0 aliphatic carbocycles. The van der Waals surface area contributed by atoms with Gasteiger partial charge in [0.1, 0.15) is 54.4 Å². The molecular formula is C95H119N27O19. The van der Waals surface area contributed by atoms with Gasteiger partial charge in [-0.05, 0) is 83.7 Å². The summed E-state index contributed by atoms with van der Waals surface area (Å²) in [7, 11) is 0. The zero-order valence-corrected chi connectivity index (χ0v) is 77.3. The second kappa shape index (κ2) is 51.8. The number of rotatable bonds is 47. The number of carboxylic acids is 3. The lowest BCUT2D eigenvalue weighted by atomic mass is 9.97. The van der Waals surface area contributed by atoms with Gasteiger partial charge < -0.3 is 111 Å². The van der Waals surface area contributed by atoms with E-state index in [1.165, 1.54) is 17.4 Å². The molecule has 46 heteroatoms. The summed E-state index contributed by atoms with van der Waals surface area (Å²) in [6.07, 6.45) is 3.21. The van der Waals surface area contributed by atoms with E-state index in [9.17, 15) is 53.7 Å². The number of fused-ring (bicyclic) bond motifs is 3. The van der Waals surface area contributed by atoms with Gasteiger partial charge in [-0.25, -0.2) is 15.2 Å². The molecule has 1 unspecified atom stereocenters. The number of aliphatic carboxylic acids is 3. The molecule has 2 aliphatic rings. The fraction of sp³-hybridized carbons (Fsp3) is 0.379. The Morgan fingerprint density at radius 2 is 0.830 bits per heavy atom. The number of H-pyrrole nitrogens is 3. The molecule has 2 fully saturated rings. The number of carbonyl (C=O) groups excluding carboxylic acids is 13. The van der Waals surface area contributed by atoms with Crippen LogP contribution in [0.2, 0.25) is 0 Å². The summed E-state index contributed by atoms with van der Waals surface area (Å²) in [5, 5.41) is 75.4. The van der Waals surface area contributed by atoms with E-state index in [1.807, 2.05) is 29.7 Å². The molecule has 6 aromatic carbocycles. The van der Waals surface area contributed by atoms with E-state index in [-0.39, 0.29) is 141 Å². The minimum Gasteiger partial charge on any atom is -0.480 e. The molecule has 0 radical (unpaired) electrons. The number of guanidine groups is 2. The average Bonchev–Trinajstić information content (AvgIpc) is 1.51. The van der Waals surface area contributed by atoms with Crippen molar-refractivity contribution in [2.45, 2.75) is 131 Å². The number of primary amides is 2. The molecule has 5 heterocycles. The SMILES string of the molecule is N=C(N)NCCC[C@H](NC(=O)C(Cc1cccc2ccccc12)NC(=O)CN1CCN(CC(=O)O)CCN(CC(=O)O)CCN(CC(=O)O)CC1)C(=O)N[C@@H](Cc1c[nH]c2ccccc12)C(=O)N[C@@H](CC(N)=O)C(=O)N[C@@H](Cc1cnc[nH]1)C(=O)N[C@H](CCCNC(=N)N)C(=O)N[C@@H](Cc1c[nH]c2ccccc12)C(=O)N[C@@H](Cc1ccc(C(=O)c2ccccc2)cc1)C(=O)N1CCC[C@H]1C(=O)NNC(N)=O. The first-order chi connectivity index (χ1) is 67.7. The number of urea groups is 1. The van der Waals surface area contributed by atoms with Crippen LogP contribution in [0.5, 0.6) is 0 Å². The fourth-order valence-corrected chi connectivity index (χ4v) is 17.0. The predicted molar refractivity (Wildman–Crippen MR) is 516 cm³/mol. The molecule has 2 aliphatic heterocycles. The summed E-state index contributed by atoms with van der Waals surface area (Å²) in [6.45, 7) is -1.26. The van der Waals surface area contributed by atoms with Gasteiger partial charge in [0.15, 0.2) is 17.7 Å². The number of carbonyl (C=O) groups is 16. The number of ketones is 1. The minimum absolute atomic E-state index is 0.0114. The number of imidazole rings is 1. The second-order valence-electron chi connectivity index (χ2n) is 34.5. The Hall–Kier alpha value is -16.2. The standard InChI is InChI=1S/C95H119N27O19/c96-78(123)47-75(114-87(135)72(44-61-48-105-67-22-8-6-20-65(61)67)111-84(132)69(24-11-31-103-93(97)98)109-86(134)71(43-60-18-10-17-57-14-4-5-19-64(57)60)108-79(124)51-118-34-36-119(52-80(125)126)38-40-121(54-82(129)130)41-39-120(37-35-118)53-81(127)128)90(138)113-74(46-63-50-102-55-107-63)89(137)110-70(25-12-32-104-94(99)100)85(133)112-73(45-62-49-106-68-23-9-7-21-66(62)68)88(136)115-76(92(140)122-33-13-26-77(122)91(139)116-117-95(101)141)42-56-27-29-59(30-28-56)83(131)58-15-2-1-3-16-58/h1-10,14-23,27-30,48-50,55,69-77,105-106H,11-13,24-26,31-47,51-54H2,(H2,96,123)(H,102,107)(H,108,124)(H,109,134)(H,110,137)(H,111,132)(H,112,133)(H,113,138)(H,114,135)(H,115,136)(H,116,139)(H,125,126)(H,127,128)(H,129,130)(H4,97,98,103)(H4,99,100,104)(H3,101,117,141)/t69-,70+,71?,72-,73-,74-,75-,76-,77-/m0/s1. The fourth-order valence-electron chi connectivity index (χ4n) is 17.0. The highest BCUT2D eigenvalue weighted by molar-refractivity contribution is 6.09. The van der Waals surface area contributed by atoms with Crippen LogP contribution in [-0.4, -0.2) is 319 Å². The van der Waals surface area contributed by atoms with Crippen LogP contribution in [-0.2, 0) is 99.2 Å². The van der Waals surface area contributed by atoms with E-state index in [4.69, 9.17) is 33.8 Å². The number of hydrazine groups is 1. The Morgan fingerprint density at radius 1 is 0.411 bits per heavy atom. The molecule has 11 rings (SSSR count). The van der Waals surface area contributed by atoms with Crippen LogP contribution in [0.3, 0.4) is 0 Å². The molecule has 141 heavy (non-hydrogen) atoms. The van der Waals surface area contributed by atoms with Crippen molar-refractivity contribution in [3.8, 4) is 0 Å². The van der Waals surface area contributed by atoms with Gasteiger partial charge in [-0.1, -0.05) is 133 Å². The Balaban J connectivity index is 0.871. The topological polar surface area (TPSA) is 706 Å². The maximum Gasteiger partial charge on any atom is 0.330 e. The normalized spacial score (nSPS) is 15.7. The van der Waals surface area contributed by atoms with Crippen LogP contribution >= 0.6 is 0 Å². The van der Waals surface area contributed by atoms with E-state index < -0.39 is 194 Å². The van der Waals surface area contributed by atoms with Crippen molar-refractivity contribution in [2.75, 3.05) is 98.2 Å². The van der Waals surface area contributed by atoms with Gasteiger partial charge in [0, 0.05) is 161 Å². The van der Waals surface area contributed by atoms with Crippen LogP contribution in [0.15, 0.2) is 171 Å². The number of hydrogen-bond acceptors (Lipinski definition) is 23. The highest BCUT2D eigenvalue weighted by atomic mass is 16.4. The van der Waals surface area contributed by atoms with Crippen LogP contribution in [0.4, 0.5) is 4.79 Å². The summed E-state index contributed by atoms with van der Waals surface area (Å²) in [5.41, 5.74) is 30.9. The number of amides is 13. The highest BCUT2D eigenvalue weighted by Gasteiger charge is 2.42. The van der Waals surface area contributed by atoms with E-state index >= 15 is 38.4 Å². The van der Waals surface area contributed by atoms with Crippen molar-refractivity contribution >= 4 is 139 Å². The quantitative estimate of drug-likeness (QED) is 0.00628. The van der Waals surface area contributed by atoms with Crippen molar-refractivity contribution in [2.24, 2.45) is 22.9 Å². The Labute approximate surface area is 808 Å². The first-order valence-electron chi connectivity index (χ1n) is 46.0. The monoisotopic (exact) mass is 1940 g/mol. The van der Waals surface area contributed by atoms with Gasteiger partial charge in [0.05, 0.1) is 38.9 Å². The summed E-state index contributed by atoms with van der Waals surface area (Å²) in [5.74, 6) is -15.4. The van der Waals surface area contributed by atoms with Gasteiger partial charge in [0.25, 0.3) is 5.91 Å². The third-order valence-corrected chi connectivity index (χ3v) is 24.1. The molecule has 46 nitrogen and oxygen atoms in total. The number of nitrogens with two attached hydrogens (primary N) is 4. The highest BCUT2D eigenvalue weighted by Crippen LogP contribution is 2.26. The maximum atomic E-state index is 15.6. The number of benzene rings is 6. The lowest BCUT2D eigenvalue weighted by Gasteiger charge is -2.33. The number of aromatic amines is 3. The molecule has 2 saturated heterocycles. The van der Waals surface area contributed by atoms with Crippen molar-refractivity contribution in [1.82, 2.24) is 108 Å². The molecule has 28 N–H and O–H groups in total. The van der Waals surface area contributed by atoms with E-state index in [1.54, 1.807) is 153 Å². The number of nitrogens with zero attached hydrogens (tertiary/aromatic N) is 6. The molecular weight excluding hydrogens is 1820 g/mol. The number of likely N-dealkylation sites (tertiary alicyclic amines) is 1. The largest absolute Gasteiger partial charge is 0.480 e. The molecule has 9 aromatic rings. The van der Waals surface area contributed by atoms with Crippen LogP contribution < -0.4 is 87.0 Å². The smallest absolute Gasteiger partial charge is 0.330 e. The summed E-state index contributed by atoms with van der Waals surface area (Å²) < 4.78 is 0. The Morgan fingerprint density at radius 3 is 1.31 bits per heavy atom. The van der Waals surface area contributed by atoms with Crippen LogP contribution in [0.1, 0.15) is 88.8 Å². The van der Waals surface area contributed by atoms with Crippen molar-refractivity contribution in [3.63, 3.8) is 0 Å². The molecule has 0 spiro atoms. The zero-order valence-electron chi connectivity index (χ0n) is 77.3. The lowest BCUT2D eigenvalue weighted by molar-refractivity contribution is -0.142. The number of nitrogens with one attached hydrogen (secondary N) is 17. The molecule has 9 atom stereocenters. The molecule has 13 amide bonds. The Kier molecular flexibility index (Phi) is 38.7. The molecule has 748 valence electrons. The van der Waals surface area contributed by atoms with E-state index in [0.717, 1.165) is 5.39 Å². The van der Waals surface area contributed by atoms with Crippen molar-refractivity contribution in [3.05, 3.63) is 210 Å². The van der Waals surface area contributed by atoms with Gasteiger partial charge in [-0.15, -0.1) is 0 Å². The van der Waals surface area contributed by atoms with E-state index in [2.05, 4.69) is 78.5 Å². The number of aromatic nitrogens is 4. The second-order valence-corrected chi connectivity index (χ2v) is 34.5. The van der Waals surface area contributed by atoms with Gasteiger partial charge in [0.2, 0.25) is 59.1 Å². The van der Waals surface area contributed by atoms with Gasteiger partial charge in [-0.2, -0.15) is 0 Å². The maximum absolute atomic E-state index is 15.6. The van der Waals surface area contributed by atoms with Gasteiger partial charge >= 0.3 is 23.9 Å². The number of para-hydroxylation sites is 2. The van der Waals surface area contributed by atoms with Crippen molar-refractivity contribution < 1.29 is 92.0 Å². The third-order valence-electron chi connectivity index (χ3n) is 24.1. The van der Waals surface area contributed by atoms with E-state index in [0.29, 0.717) is 67.0 Å². The van der Waals surface area contributed by atoms with Crippen LogP contribution in [0.25, 0.3) is 32.6 Å². The predicted octanol–water partition coefficient (Wildman–Crippen LogP) is -2.28. The molecule has 3 aromatic heterocycles. The number of hydrogen-bond donors (Lipinski definition) is 24. The van der Waals surface area contributed by atoms with Crippen LogP contribution in [0, 0.1) is 10.8 Å². The lowest BCUT2D eigenvalue weighted by Crippen LogP contribution is -2.61. The zero-order chi connectivity index (χ0) is 101. The minimum atomic E-state index is -1.99. The Bertz CT molecular complexity index is 5920. The summed E-state index contributed by atoms with van der Waals surface area (Å²) >= 11 is 0. The first kappa shape index (κ1) is 105.